The van der Waals surface area contributed by atoms with Crippen LogP contribution in [-0.4, -0.2) is 40.9 Å². The maximum atomic E-state index is 13.0. The minimum atomic E-state index is -3.88. The van der Waals surface area contributed by atoms with Crippen molar-refractivity contribution >= 4 is 27.3 Å². The molecule has 0 N–H and O–H groups in total. The fourth-order valence-electron chi connectivity index (χ4n) is 3.39. The summed E-state index contributed by atoms with van der Waals surface area (Å²) in [5.74, 6) is 0.500. The molecule has 1 aliphatic rings. The topological polar surface area (TPSA) is 119 Å². The second kappa shape index (κ2) is 8.13. The molecule has 156 valence electrons. The fourth-order valence-corrected chi connectivity index (χ4v) is 5.08. The third kappa shape index (κ3) is 4.07. The molecule has 1 aromatic heterocycles. The van der Waals surface area contributed by atoms with Crippen LogP contribution in [0.15, 0.2) is 57.9 Å². The molecule has 30 heavy (non-hydrogen) atoms. The van der Waals surface area contributed by atoms with Crippen LogP contribution >= 0.6 is 11.6 Å². The van der Waals surface area contributed by atoms with Gasteiger partial charge < -0.3 is 4.52 Å². The van der Waals surface area contributed by atoms with Gasteiger partial charge >= 0.3 is 0 Å². The molecule has 1 aliphatic heterocycles. The number of rotatable bonds is 5. The smallest absolute Gasteiger partial charge is 0.270 e. The van der Waals surface area contributed by atoms with E-state index in [4.69, 9.17) is 16.1 Å². The maximum Gasteiger partial charge on any atom is 0.270 e. The minimum Gasteiger partial charge on any atom is -0.339 e. The summed E-state index contributed by atoms with van der Waals surface area (Å²) in [4.78, 5) is 14.7. The second-order valence-corrected chi connectivity index (χ2v) is 9.29. The highest BCUT2D eigenvalue weighted by Crippen LogP contribution is 2.31. The minimum absolute atomic E-state index is 0.107. The number of non-ortho nitro benzene ring substituents is 1. The quantitative estimate of drug-likeness (QED) is 0.429. The van der Waals surface area contributed by atoms with E-state index in [0.717, 1.165) is 11.6 Å². The van der Waals surface area contributed by atoms with E-state index >= 15 is 0 Å². The van der Waals surface area contributed by atoms with Crippen molar-refractivity contribution in [3.63, 3.8) is 0 Å². The first-order valence-electron chi connectivity index (χ1n) is 9.19. The number of nitrogens with zero attached hydrogens (tertiary/aromatic N) is 4. The van der Waals surface area contributed by atoms with E-state index in [1.807, 2.05) is 0 Å². The highest BCUT2D eigenvalue weighted by molar-refractivity contribution is 7.89. The van der Waals surface area contributed by atoms with Crippen LogP contribution < -0.4 is 0 Å². The van der Waals surface area contributed by atoms with Crippen molar-refractivity contribution in [1.82, 2.24) is 14.4 Å². The molecule has 0 unspecified atom stereocenters. The zero-order valence-electron chi connectivity index (χ0n) is 15.6. The van der Waals surface area contributed by atoms with Crippen molar-refractivity contribution in [3.8, 4) is 11.4 Å². The number of halogens is 1. The Kier molecular flexibility index (Phi) is 5.54. The fraction of sp³-hybridized carbons (Fsp3) is 0.263. The average Bonchev–Trinajstić information content (AvgIpc) is 3.25. The van der Waals surface area contributed by atoms with Gasteiger partial charge in [0.1, 0.15) is 0 Å². The molecular weight excluding hydrogens is 432 g/mol. The summed E-state index contributed by atoms with van der Waals surface area (Å²) >= 11 is 5.90. The number of aromatic nitrogens is 2. The Hall–Kier alpha value is -2.82. The van der Waals surface area contributed by atoms with Crippen LogP contribution in [0, 0.1) is 10.1 Å². The monoisotopic (exact) mass is 448 g/mol. The van der Waals surface area contributed by atoms with Gasteiger partial charge in [-0.25, -0.2) is 8.42 Å². The van der Waals surface area contributed by atoms with Gasteiger partial charge in [0.15, 0.2) is 0 Å². The van der Waals surface area contributed by atoms with Gasteiger partial charge in [0.25, 0.3) is 5.69 Å². The third-order valence-corrected chi connectivity index (χ3v) is 7.06. The van der Waals surface area contributed by atoms with E-state index in [1.54, 1.807) is 24.3 Å². The van der Waals surface area contributed by atoms with Crippen LogP contribution in [0.5, 0.6) is 0 Å². The number of hydrogen-bond donors (Lipinski definition) is 0. The van der Waals surface area contributed by atoms with Gasteiger partial charge in [0.2, 0.25) is 21.7 Å². The molecule has 0 saturated carbocycles. The molecule has 0 amide bonds. The first-order chi connectivity index (χ1) is 14.3. The molecule has 0 aliphatic carbocycles. The van der Waals surface area contributed by atoms with Crippen molar-refractivity contribution in [2.75, 3.05) is 13.1 Å². The molecule has 11 heteroatoms. The summed E-state index contributed by atoms with van der Waals surface area (Å²) in [6.07, 6.45) is 1.31. The molecule has 3 aromatic rings. The first-order valence-corrected chi connectivity index (χ1v) is 11.0. The Morgan fingerprint density at radius 2 is 1.97 bits per heavy atom. The lowest BCUT2D eigenvalue weighted by Gasteiger charge is -2.30. The Labute approximate surface area is 177 Å². The van der Waals surface area contributed by atoms with Crippen molar-refractivity contribution < 1.29 is 17.9 Å². The van der Waals surface area contributed by atoms with E-state index < -0.39 is 14.9 Å². The Balaban J connectivity index is 1.55. The van der Waals surface area contributed by atoms with Crippen molar-refractivity contribution in [2.24, 2.45) is 0 Å². The summed E-state index contributed by atoms with van der Waals surface area (Å²) in [5.41, 5.74) is 0.473. The largest absolute Gasteiger partial charge is 0.339 e. The molecule has 2 heterocycles. The lowest BCUT2D eigenvalue weighted by molar-refractivity contribution is -0.385. The third-order valence-electron chi connectivity index (χ3n) is 4.94. The van der Waals surface area contributed by atoms with E-state index in [2.05, 4.69) is 10.1 Å². The van der Waals surface area contributed by atoms with Gasteiger partial charge in [-0.05, 0) is 43.2 Å². The molecule has 1 fully saturated rings. The van der Waals surface area contributed by atoms with E-state index in [0.29, 0.717) is 36.1 Å². The number of nitro groups is 1. The van der Waals surface area contributed by atoms with E-state index in [-0.39, 0.29) is 23.0 Å². The number of piperidine rings is 1. The van der Waals surface area contributed by atoms with Gasteiger partial charge in [0, 0.05) is 35.8 Å². The normalized spacial score (nSPS) is 17.7. The summed E-state index contributed by atoms with van der Waals surface area (Å²) < 4.78 is 32.8. The number of benzene rings is 2. The van der Waals surface area contributed by atoms with Crippen molar-refractivity contribution in [2.45, 2.75) is 23.7 Å². The van der Waals surface area contributed by atoms with E-state index in [1.165, 1.54) is 22.5 Å². The Morgan fingerprint density at radius 1 is 1.20 bits per heavy atom. The summed E-state index contributed by atoms with van der Waals surface area (Å²) in [5, 5.41) is 15.6. The van der Waals surface area contributed by atoms with Gasteiger partial charge in [0.05, 0.1) is 15.7 Å². The molecular formula is C19H17ClN4O5S. The molecule has 0 bridgehead atoms. The maximum absolute atomic E-state index is 13.0. The zero-order valence-corrected chi connectivity index (χ0v) is 17.2. The van der Waals surface area contributed by atoms with Crippen molar-refractivity contribution in [3.05, 3.63) is 69.6 Å². The van der Waals surface area contributed by atoms with Gasteiger partial charge in [-0.1, -0.05) is 22.8 Å². The number of nitro benzene ring substituents is 1. The van der Waals surface area contributed by atoms with Crippen LogP contribution in [0.2, 0.25) is 5.02 Å². The van der Waals surface area contributed by atoms with E-state index in [9.17, 15) is 18.5 Å². The van der Waals surface area contributed by atoms with Crippen LogP contribution in [0.1, 0.15) is 24.7 Å². The summed E-state index contributed by atoms with van der Waals surface area (Å²) in [6.45, 7) is 0.479. The molecule has 1 atom stereocenters. The van der Waals surface area contributed by atoms with Gasteiger partial charge in [-0.15, -0.1) is 0 Å². The molecule has 2 aromatic carbocycles. The predicted molar refractivity (Wildman–Crippen MR) is 109 cm³/mol. The average molecular weight is 449 g/mol. The molecule has 4 rings (SSSR count). The standard InChI is InChI=1S/C19H17ClN4O5S/c20-15-8-6-13(7-9-15)18-21-19(29-22-18)14-3-2-10-23(12-14)30(27,28)17-5-1-4-16(11-17)24(25)26/h1,4-9,11,14H,2-3,10,12H2/t14-/m1/s1. The second-order valence-electron chi connectivity index (χ2n) is 6.92. The van der Waals surface area contributed by atoms with Crippen molar-refractivity contribution in [1.29, 1.82) is 0 Å². The first kappa shape index (κ1) is 20.5. The lowest BCUT2D eigenvalue weighted by Crippen LogP contribution is -2.39. The molecule has 1 saturated heterocycles. The highest BCUT2D eigenvalue weighted by Gasteiger charge is 2.34. The van der Waals surface area contributed by atoms with Crippen LogP contribution in [0.3, 0.4) is 0 Å². The van der Waals surface area contributed by atoms with Crippen LogP contribution in [-0.2, 0) is 10.0 Å². The zero-order chi connectivity index (χ0) is 21.3. The predicted octanol–water partition coefficient (Wildman–Crippen LogP) is 3.87. The Morgan fingerprint density at radius 3 is 2.70 bits per heavy atom. The molecule has 0 radical (unpaired) electrons. The van der Waals surface area contributed by atoms with Crippen LogP contribution in [0.25, 0.3) is 11.4 Å². The van der Waals surface area contributed by atoms with Gasteiger partial charge in [-0.3, -0.25) is 10.1 Å². The summed E-state index contributed by atoms with van der Waals surface area (Å²) in [6, 6.07) is 12.1. The van der Waals surface area contributed by atoms with Crippen LogP contribution in [0.4, 0.5) is 5.69 Å². The highest BCUT2D eigenvalue weighted by atomic mass is 35.5. The Bertz CT molecular complexity index is 1180. The SMILES string of the molecule is O=[N+]([O-])c1cccc(S(=O)(=O)N2CCC[C@@H](c3nc(-c4ccc(Cl)cc4)no3)C2)c1. The number of hydrogen-bond acceptors (Lipinski definition) is 7. The molecule has 0 spiro atoms. The lowest BCUT2D eigenvalue weighted by atomic mass is 10.00. The number of sulfonamides is 1. The van der Waals surface area contributed by atoms with Gasteiger partial charge in [-0.2, -0.15) is 9.29 Å². The molecule has 9 nitrogen and oxygen atoms in total. The summed E-state index contributed by atoms with van der Waals surface area (Å²) in [7, 11) is -3.88.